The van der Waals surface area contributed by atoms with Crippen LogP contribution in [0.2, 0.25) is 0 Å². The molecule has 2 rings (SSSR count). The maximum atomic E-state index is 11.2. The number of thioether (sulfide) groups is 1. The summed E-state index contributed by atoms with van der Waals surface area (Å²) in [6, 6.07) is 15.9. The van der Waals surface area contributed by atoms with Gasteiger partial charge in [-0.15, -0.1) is 11.8 Å². The Kier molecular flexibility index (Phi) is 5.51. The van der Waals surface area contributed by atoms with Crippen LogP contribution >= 0.6 is 11.8 Å². The van der Waals surface area contributed by atoms with Crippen molar-refractivity contribution in [2.24, 2.45) is 0 Å². The van der Waals surface area contributed by atoms with Crippen molar-refractivity contribution >= 4 is 29.2 Å². The Labute approximate surface area is 129 Å². The van der Waals surface area contributed by atoms with E-state index in [0.29, 0.717) is 0 Å². The van der Waals surface area contributed by atoms with Crippen LogP contribution in [0.1, 0.15) is 5.56 Å². The zero-order chi connectivity index (χ0) is 15.1. The Balaban J connectivity index is 1.89. The van der Waals surface area contributed by atoms with E-state index in [4.69, 9.17) is 0 Å². The lowest BCUT2D eigenvalue weighted by molar-refractivity contribution is 0.254. The summed E-state index contributed by atoms with van der Waals surface area (Å²) in [6.07, 6.45) is 2.07. The number of urea groups is 1. The van der Waals surface area contributed by atoms with Gasteiger partial charge in [-0.05, 0) is 48.2 Å². The minimum atomic E-state index is -0.218. The molecule has 110 valence electrons. The lowest BCUT2D eigenvalue weighted by atomic mass is 10.2. The molecule has 2 amide bonds. The van der Waals surface area contributed by atoms with Crippen LogP contribution in [0.5, 0.6) is 0 Å². The van der Waals surface area contributed by atoms with E-state index in [1.165, 1.54) is 10.5 Å². The Morgan fingerprint density at radius 1 is 1.00 bits per heavy atom. The van der Waals surface area contributed by atoms with Gasteiger partial charge in [0, 0.05) is 29.9 Å². The number of hydrogen-bond donors (Lipinski definition) is 3. The molecule has 0 heterocycles. The zero-order valence-corrected chi connectivity index (χ0v) is 13.0. The third kappa shape index (κ3) is 4.72. The molecule has 2 aromatic carbocycles. The summed E-state index contributed by atoms with van der Waals surface area (Å²) in [5.74, 6) is 0. The molecule has 0 saturated heterocycles. The normalized spacial score (nSPS) is 10.0. The van der Waals surface area contributed by atoms with Gasteiger partial charge in [-0.25, -0.2) is 4.79 Å². The van der Waals surface area contributed by atoms with Crippen molar-refractivity contribution in [2.45, 2.75) is 11.4 Å². The van der Waals surface area contributed by atoms with Crippen LogP contribution in [-0.4, -0.2) is 19.3 Å². The average molecular weight is 301 g/mol. The molecule has 0 unspecified atom stereocenters. The number of carbonyl (C=O) groups is 1. The second kappa shape index (κ2) is 7.59. The number of rotatable bonds is 5. The minimum absolute atomic E-state index is 0.218. The molecule has 0 spiro atoms. The lowest BCUT2D eigenvalue weighted by Crippen LogP contribution is -2.24. The molecule has 5 heteroatoms. The third-order valence-corrected chi connectivity index (χ3v) is 3.77. The number of amides is 2. The summed E-state index contributed by atoms with van der Waals surface area (Å²) < 4.78 is 0. The topological polar surface area (TPSA) is 53.2 Å². The lowest BCUT2D eigenvalue weighted by Gasteiger charge is -2.09. The summed E-state index contributed by atoms with van der Waals surface area (Å²) in [5.41, 5.74) is 3.02. The van der Waals surface area contributed by atoms with E-state index in [9.17, 15) is 4.79 Å². The van der Waals surface area contributed by atoms with Crippen molar-refractivity contribution in [1.82, 2.24) is 5.32 Å². The minimum Gasteiger partial charge on any atom is -0.381 e. The molecular formula is C16H19N3OS. The maximum Gasteiger partial charge on any atom is 0.318 e. The highest BCUT2D eigenvalue weighted by atomic mass is 32.2. The first-order valence-electron chi connectivity index (χ1n) is 6.67. The van der Waals surface area contributed by atoms with Gasteiger partial charge in [0.1, 0.15) is 0 Å². The highest BCUT2D eigenvalue weighted by molar-refractivity contribution is 7.98. The summed E-state index contributed by atoms with van der Waals surface area (Å²) in [5, 5.41) is 8.60. The largest absolute Gasteiger partial charge is 0.381 e. The van der Waals surface area contributed by atoms with Gasteiger partial charge in [0.2, 0.25) is 0 Å². The number of hydrogen-bond acceptors (Lipinski definition) is 3. The van der Waals surface area contributed by atoms with Gasteiger partial charge < -0.3 is 16.0 Å². The van der Waals surface area contributed by atoms with E-state index in [1.54, 1.807) is 18.8 Å². The summed E-state index contributed by atoms with van der Waals surface area (Å²) in [6.45, 7) is 0.775. The SMILES string of the molecule is CNC(=O)Nc1ccc(NCc2ccc(SC)cc2)cc1. The molecule has 0 radical (unpaired) electrons. The predicted octanol–water partition coefficient (Wildman–Crippen LogP) is 3.77. The Bertz CT molecular complexity index is 581. The Morgan fingerprint density at radius 2 is 1.62 bits per heavy atom. The van der Waals surface area contributed by atoms with Crippen LogP contribution in [0.25, 0.3) is 0 Å². The average Bonchev–Trinajstić information content (AvgIpc) is 2.54. The van der Waals surface area contributed by atoms with Crippen molar-refractivity contribution in [3.63, 3.8) is 0 Å². The fourth-order valence-corrected chi connectivity index (χ4v) is 2.22. The van der Waals surface area contributed by atoms with Crippen LogP contribution in [0.15, 0.2) is 53.4 Å². The molecule has 0 bridgehead atoms. The van der Waals surface area contributed by atoms with Crippen molar-refractivity contribution in [2.75, 3.05) is 23.9 Å². The molecule has 4 nitrogen and oxygen atoms in total. The zero-order valence-electron chi connectivity index (χ0n) is 12.1. The molecule has 2 aromatic rings. The van der Waals surface area contributed by atoms with Crippen LogP contribution in [0.3, 0.4) is 0 Å². The molecular weight excluding hydrogens is 282 g/mol. The van der Waals surface area contributed by atoms with E-state index in [1.807, 2.05) is 24.3 Å². The quantitative estimate of drug-likeness (QED) is 0.737. The first-order chi connectivity index (χ1) is 10.2. The highest BCUT2D eigenvalue weighted by Crippen LogP contribution is 2.17. The molecule has 0 aliphatic rings. The number of anilines is 2. The number of nitrogens with one attached hydrogen (secondary N) is 3. The van der Waals surface area contributed by atoms with Crippen LogP contribution in [0.4, 0.5) is 16.2 Å². The summed E-state index contributed by atoms with van der Waals surface area (Å²) in [4.78, 5) is 12.5. The number of carbonyl (C=O) groups excluding carboxylic acids is 1. The molecule has 0 aliphatic heterocycles. The standard InChI is InChI=1S/C16H19N3OS/c1-17-16(20)19-14-7-5-13(6-8-14)18-11-12-3-9-15(21-2)10-4-12/h3-10,18H,11H2,1-2H3,(H2,17,19,20). The van der Waals surface area contributed by atoms with Crippen molar-refractivity contribution in [3.8, 4) is 0 Å². The molecule has 0 saturated carbocycles. The van der Waals surface area contributed by atoms with Crippen LogP contribution in [-0.2, 0) is 6.54 Å². The fraction of sp³-hybridized carbons (Fsp3) is 0.188. The van der Waals surface area contributed by atoms with E-state index in [-0.39, 0.29) is 6.03 Å². The first kappa shape index (κ1) is 15.3. The Hall–Kier alpha value is -2.14. The van der Waals surface area contributed by atoms with Crippen molar-refractivity contribution in [1.29, 1.82) is 0 Å². The van der Waals surface area contributed by atoms with Gasteiger partial charge in [-0.3, -0.25) is 0 Å². The molecule has 0 fully saturated rings. The number of benzene rings is 2. The fourth-order valence-electron chi connectivity index (χ4n) is 1.81. The van der Waals surface area contributed by atoms with Crippen molar-refractivity contribution < 1.29 is 4.79 Å². The van der Waals surface area contributed by atoms with E-state index < -0.39 is 0 Å². The van der Waals surface area contributed by atoms with Gasteiger partial charge in [0.25, 0.3) is 0 Å². The second-order valence-corrected chi connectivity index (χ2v) is 5.36. The van der Waals surface area contributed by atoms with Gasteiger partial charge in [-0.2, -0.15) is 0 Å². The van der Waals surface area contributed by atoms with Crippen molar-refractivity contribution in [3.05, 3.63) is 54.1 Å². The van der Waals surface area contributed by atoms with E-state index in [0.717, 1.165) is 17.9 Å². The van der Waals surface area contributed by atoms with Gasteiger partial charge >= 0.3 is 6.03 Å². The molecule has 0 atom stereocenters. The second-order valence-electron chi connectivity index (χ2n) is 4.48. The summed E-state index contributed by atoms with van der Waals surface area (Å²) in [7, 11) is 1.59. The monoisotopic (exact) mass is 301 g/mol. The third-order valence-electron chi connectivity index (χ3n) is 3.03. The van der Waals surface area contributed by atoms with Gasteiger partial charge in [-0.1, -0.05) is 12.1 Å². The summed E-state index contributed by atoms with van der Waals surface area (Å²) >= 11 is 1.74. The highest BCUT2D eigenvalue weighted by Gasteiger charge is 1.99. The van der Waals surface area contributed by atoms with E-state index in [2.05, 4.69) is 46.5 Å². The van der Waals surface area contributed by atoms with Crippen LogP contribution in [0, 0.1) is 0 Å². The molecule has 0 aromatic heterocycles. The molecule has 21 heavy (non-hydrogen) atoms. The van der Waals surface area contributed by atoms with Gasteiger partial charge in [0.15, 0.2) is 0 Å². The van der Waals surface area contributed by atoms with Gasteiger partial charge in [0.05, 0.1) is 0 Å². The molecule has 3 N–H and O–H groups in total. The predicted molar refractivity (Wildman–Crippen MR) is 90.1 cm³/mol. The van der Waals surface area contributed by atoms with E-state index >= 15 is 0 Å². The molecule has 0 aliphatic carbocycles. The maximum absolute atomic E-state index is 11.2. The van der Waals surface area contributed by atoms with Crippen LogP contribution < -0.4 is 16.0 Å². The Morgan fingerprint density at radius 3 is 2.19 bits per heavy atom. The smallest absolute Gasteiger partial charge is 0.318 e. The first-order valence-corrected chi connectivity index (χ1v) is 7.89.